The van der Waals surface area contributed by atoms with Gasteiger partial charge in [0.2, 0.25) is 0 Å². The molecule has 8 N–H and O–H groups in total. The summed E-state index contributed by atoms with van der Waals surface area (Å²) in [6, 6.07) is 17.3. The number of benzene rings is 4. The van der Waals surface area contributed by atoms with Crippen LogP contribution in [0, 0.1) is 24.3 Å². The van der Waals surface area contributed by atoms with Crippen molar-refractivity contribution in [1.82, 2.24) is 0 Å². The molecular weight excluding hydrogens is 1140 g/mol. The lowest BCUT2D eigenvalue weighted by Crippen LogP contribution is -2.28. The van der Waals surface area contributed by atoms with E-state index in [1.165, 1.54) is 26.2 Å². The highest BCUT2D eigenvalue weighted by Crippen LogP contribution is 2.57. The molecule has 0 saturated carbocycles. The number of pyridine rings is 2. The molecule has 2 aromatic heterocycles. The van der Waals surface area contributed by atoms with E-state index in [2.05, 4.69) is 63.7 Å². The van der Waals surface area contributed by atoms with Crippen LogP contribution in [0.15, 0.2) is 90.9 Å². The van der Waals surface area contributed by atoms with E-state index < -0.39 is 23.7 Å². The summed E-state index contributed by atoms with van der Waals surface area (Å²) in [5, 5.41) is 113. The van der Waals surface area contributed by atoms with Gasteiger partial charge in [-0.05, 0) is 128 Å². The van der Waals surface area contributed by atoms with Gasteiger partial charge < -0.3 is 56.1 Å². The normalized spacial score (nSPS) is 15.9. The van der Waals surface area contributed by atoms with Gasteiger partial charge in [-0.25, -0.2) is 0 Å². The number of fused-ring (bicyclic) bond motifs is 8. The maximum atomic E-state index is 11.5. The Labute approximate surface area is 429 Å². The molecule has 0 spiro atoms. The average Bonchev–Trinajstić information content (AvgIpc) is 3.30. The smallest absolute Gasteiger partial charge is 0.189 e. The fraction of sp³-hybridized carbons (Fsp3) is 0.314. The maximum Gasteiger partial charge on any atom is 0.189 e. The summed E-state index contributed by atoms with van der Waals surface area (Å²) >= 11 is 13.5. The van der Waals surface area contributed by atoms with E-state index in [9.17, 15) is 56.1 Å². The van der Waals surface area contributed by atoms with Crippen LogP contribution in [-0.2, 0) is 4.79 Å². The predicted octanol–water partition coefficient (Wildman–Crippen LogP) is 12.7. The number of aryl methyl sites for hydroxylation is 2. The number of nitrogens with zero attached hydrogens (tertiary/aromatic N) is 2. The first-order valence-electron chi connectivity index (χ1n) is 21.7. The first-order chi connectivity index (χ1) is 32.0. The Bertz CT molecular complexity index is 2320. The fourth-order valence-electron chi connectivity index (χ4n) is 8.26. The Kier molecular flexibility index (Phi) is 19.4. The predicted molar refractivity (Wildman–Crippen MR) is 275 cm³/mol. The molecule has 0 aliphatic heterocycles. The van der Waals surface area contributed by atoms with Gasteiger partial charge in [-0.1, -0.05) is 39.8 Å². The largest absolute Gasteiger partial charge is 0.619 e. The average molecular weight is 1190 g/mol. The quantitative estimate of drug-likeness (QED) is 0.0611. The van der Waals surface area contributed by atoms with Gasteiger partial charge in [-0.3, -0.25) is 0 Å². The maximum absolute atomic E-state index is 11.5. The standard InChI is InChI=1S/C36H36Br4O8.2C6H7NO.C3H6O/c1-5-13-17-9-19(31(43)25(37)29(17)41)14(6-2)21-11-23(35(47)27(39)33(21)45)16(8-4)24-12-22(34(46)28(40)36(24)48)15(7-3)20-10-18(13)30(42)26(38)32(20)44;2*1-6-4-2-3-5-7(6)8;1-3(2)4/h9-16,41-48H,5-8H2,1-4H3;2*2-5H,1H3;1-2H3. The number of carbonyl (C=O) groups excluding carboxylic acids is 1. The number of ketones is 1. The molecule has 0 fully saturated rings. The van der Waals surface area contributed by atoms with Crippen molar-refractivity contribution in [2.75, 3.05) is 0 Å². The molecule has 1 aliphatic rings. The molecule has 364 valence electrons. The highest BCUT2D eigenvalue weighted by Gasteiger charge is 2.35. The lowest BCUT2D eigenvalue weighted by molar-refractivity contribution is -0.612. The van der Waals surface area contributed by atoms with Crippen molar-refractivity contribution in [2.45, 2.75) is 105 Å². The number of halogens is 4. The first kappa shape index (κ1) is 55.4. The first-order valence-corrected chi connectivity index (χ1v) is 24.9. The minimum atomic E-state index is -0.643. The summed E-state index contributed by atoms with van der Waals surface area (Å²) in [6.07, 6.45) is 4.52. The summed E-state index contributed by atoms with van der Waals surface area (Å²) in [6.45, 7) is 14.1. The number of phenolic OH excluding ortho intramolecular Hbond substituents is 8. The molecule has 68 heavy (non-hydrogen) atoms. The van der Waals surface area contributed by atoms with Crippen LogP contribution in [0.4, 0.5) is 0 Å². The molecule has 0 radical (unpaired) electrons. The van der Waals surface area contributed by atoms with Crippen LogP contribution in [0.2, 0.25) is 0 Å². The summed E-state index contributed by atoms with van der Waals surface area (Å²) in [4.78, 5) is 9.44. The van der Waals surface area contributed by atoms with E-state index >= 15 is 0 Å². The summed E-state index contributed by atoms with van der Waals surface area (Å²) < 4.78 is 1.82. The van der Waals surface area contributed by atoms with Crippen LogP contribution < -0.4 is 9.46 Å². The Balaban J connectivity index is 0.000000414. The fourth-order valence-corrected chi connectivity index (χ4v) is 10.1. The van der Waals surface area contributed by atoms with Crippen LogP contribution >= 0.6 is 63.7 Å². The number of aromatic nitrogens is 2. The Morgan fingerprint density at radius 3 is 0.735 bits per heavy atom. The van der Waals surface area contributed by atoms with E-state index in [1.54, 1.807) is 62.4 Å². The Morgan fingerprint density at radius 1 is 0.441 bits per heavy atom. The summed E-state index contributed by atoms with van der Waals surface area (Å²) in [5.74, 6) is -4.27. The molecule has 4 aromatic carbocycles. The lowest BCUT2D eigenvalue weighted by atomic mass is 9.77. The van der Waals surface area contributed by atoms with Gasteiger partial charge in [0, 0.05) is 106 Å². The monoisotopic (exact) mass is 1190 g/mol. The van der Waals surface area contributed by atoms with Crippen LogP contribution in [0.1, 0.15) is 147 Å². The SMILES string of the molecule is CC(C)=O.CCC1c2cc(c(O)c(Br)c2O)C(CC)c2cc(c(O)c(Br)c2O)C(CC)c2cc(c(O)c(Br)c2O)C(CC)c2cc1c(O)c(Br)c2O.Cc1cccc[n+]1[O-].Cc1cccc[n+]1[O-]. The third-order valence-electron chi connectivity index (χ3n) is 11.8. The molecule has 2 heterocycles. The van der Waals surface area contributed by atoms with Crippen molar-refractivity contribution in [1.29, 1.82) is 0 Å². The summed E-state index contributed by atoms with van der Waals surface area (Å²) in [5.41, 5.74) is 4.54. The van der Waals surface area contributed by atoms with Crippen molar-refractivity contribution in [2.24, 2.45) is 0 Å². The van der Waals surface area contributed by atoms with Crippen molar-refractivity contribution in [3.8, 4) is 46.0 Å². The molecule has 0 saturated heterocycles. The molecule has 0 amide bonds. The van der Waals surface area contributed by atoms with Crippen molar-refractivity contribution >= 4 is 69.5 Å². The minimum absolute atomic E-state index is 0.0377. The highest BCUT2D eigenvalue weighted by atomic mass is 79.9. The van der Waals surface area contributed by atoms with E-state index in [-0.39, 0.29) is 69.7 Å². The second kappa shape index (κ2) is 23.9. The molecule has 13 nitrogen and oxygen atoms in total. The number of aromatic hydroxyl groups is 8. The molecule has 17 heteroatoms. The van der Waals surface area contributed by atoms with Gasteiger partial charge >= 0.3 is 0 Å². The number of phenols is 8. The second-order valence-electron chi connectivity index (χ2n) is 16.4. The zero-order valence-electron chi connectivity index (χ0n) is 38.8. The molecule has 0 atom stereocenters. The van der Waals surface area contributed by atoms with Gasteiger partial charge in [0.15, 0.2) is 23.8 Å². The molecule has 8 bridgehead atoms. The van der Waals surface area contributed by atoms with Crippen LogP contribution in [-0.4, -0.2) is 46.6 Å². The lowest BCUT2D eigenvalue weighted by Gasteiger charge is -2.29. The minimum Gasteiger partial charge on any atom is -0.619 e. The van der Waals surface area contributed by atoms with Gasteiger partial charge in [0.05, 0.1) is 0 Å². The zero-order valence-corrected chi connectivity index (χ0v) is 45.1. The van der Waals surface area contributed by atoms with Gasteiger partial charge in [0.25, 0.3) is 0 Å². The topological polar surface area (TPSA) is 233 Å². The van der Waals surface area contributed by atoms with Crippen LogP contribution in [0.25, 0.3) is 0 Å². The number of rotatable bonds is 4. The summed E-state index contributed by atoms with van der Waals surface area (Å²) in [7, 11) is 0. The third kappa shape index (κ3) is 11.6. The van der Waals surface area contributed by atoms with Crippen molar-refractivity contribution in [3.63, 3.8) is 0 Å². The Hall–Kier alpha value is -5.23. The highest BCUT2D eigenvalue weighted by molar-refractivity contribution is 9.11. The number of carbonyl (C=O) groups is 1. The van der Waals surface area contributed by atoms with Gasteiger partial charge in [0.1, 0.15) is 69.7 Å². The number of hydrogen-bond acceptors (Lipinski definition) is 11. The number of Topliss-reactive ketones (excluding diaryl/α,β-unsaturated/α-hetero) is 1. The van der Waals surface area contributed by atoms with Gasteiger partial charge in [-0.2, -0.15) is 9.46 Å². The van der Waals surface area contributed by atoms with Gasteiger partial charge in [-0.15, -0.1) is 0 Å². The zero-order chi connectivity index (χ0) is 51.1. The molecule has 1 aliphatic carbocycles. The molecule has 0 unspecified atom stereocenters. The van der Waals surface area contributed by atoms with Crippen molar-refractivity contribution < 1.29 is 55.1 Å². The van der Waals surface area contributed by atoms with E-state index in [0.717, 1.165) is 20.8 Å². The van der Waals surface area contributed by atoms with E-state index in [4.69, 9.17) is 0 Å². The third-order valence-corrected chi connectivity index (χ3v) is 14.8. The van der Waals surface area contributed by atoms with Crippen LogP contribution in [0.3, 0.4) is 0 Å². The Morgan fingerprint density at radius 2 is 0.618 bits per heavy atom. The van der Waals surface area contributed by atoms with E-state index in [1.807, 2.05) is 39.8 Å². The van der Waals surface area contributed by atoms with Crippen LogP contribution in [0.5, 0.6) is 46.0 Å². The second-order valence-corrected chi connectivity index (χ2v) is 19.5. The van der Waals surface area contributed by atoms with Crippen molar-refractivity contribution in [3.05, 3.63) is 157 Å². The number of hydrogen-bond donors (Lipinski definition) is 8. The molecular formula is C51H56Br4N2O11. The molecule has 7 rings (SSSR count). The molecule has 6 aromatic rings. The van der Waals surface area contributed by atoms with E-state index in [0.29, 0.717) is 70.2 Å².